The van der Waals surface area contributed by atoms with Gasteiger partial charge >= 0.3 is 17.9 Å². The fourth-order valence-corrected chi connectivity index (χ4v) is 5.89. The highest BCUT2D eigenvalue weighted by molar-refractivity contribution is 5.91. The van der Waals surface area contributed by atoms with Crippen LogP contribution >= 0.6 is 0 Å². The first kappa shape index (κ1) is 53.7. The second-order valence-corrected chi connectivity index (χ2v) is 17.4. The van der Waals surface area contributed by atoms with Gasteiger partial charge in [-0.1, -0.05) is 89.9 Å². The molecule has 0 aliphatic rings. The van der Waals surface area contributed by atoms with E-state index in [1.54, 1.807) is 34.6 Å². The maximum atomic E-state index is 12.9. The number of rotatable bonds is 34. The predicted molar refractivity (Wildman–Crippen MR) is 220 cm³/mol. The van der Waals surface area contributed by atoms with E-state index in [1.165, 1.54) is 64.2 Å². The summed E-state index contributed by atoms with van der Waals surface area (Å²) in [7, 11) is 0. The molecular weight excluding hydrogens is 734 g/mol. The molecule has 332 valence electrons. The first-order chi connectivity index (χ1) is 26.7. The molecule has 1 atom stereocenters. The van der Waals surface area contributed by atoms with Crippen molar-refractivity contribution in [3.8, 4) is 0 Å². The van der Waals surface area contributed by atoms with Crippen LogP contribution in [0.4, 0.5) is 0 Å². The first-order valence-electron chi connectivity index (χ1n) is 21.4. The normalized spacial score (nSPS) is 12.4. The van der Waals surface area contributed by atoms with Gasteiger partial charge in [-0.25, -0.2) is 9.59 Å². The lowest BCUT2D eigenvalue weighted by molar-refractivity contribution is -0.159. The van der Waals surface area contributed by atoms with E-state index in [2.05, 4.69) is 16.0 Å². The molecule has 0 aliphatic heterocycles. The van der Waals surface area contributed by atoms with Crippen molar-refractivity contribution in [2.75, 3.05) is 33.0 Å². The lowest BCUT2D eigenvalue weighted by Gasteiger charge is -2.26. The van der Waals surface area contributed by atoms with Crippen molar-refractivity contribution in [3.05, 3.63) is 0 Å². The Morgan fingerprint density at radius 1 is 0.544 bits per heavy atom. The Bertz CT molecular complexity index is 1160. The van der Waals surface area contributed by atoms with Gasteiger partial charge in [0.2, 0.25) is 17.7 Å². The van der Waals surface area contributed by atoms with Crippen LogP contribution in [-0.4, -0.2) is 96.5 Å². The predicted octanol–water partition coefficient (Wildman–Crippen LogP) is 7.09. The number of carbonyl (C=O) groups is 6. The van der Waals surface area contributed by atoms with Crippen LogP contribution in [0.3, 0.4) is 0 Å². The summed E-state index contributed by atoms with van der Waals surface area (Å²) in [6, 6.07) is -1.00. The highest BCUT2D eigenvalue weighted by atomic mass is 16.6. The number of esters is 2. The van der Waals surface area contributed by atoms with Gasteiger partial charge in [0.25, 0.3) is 0 Å². The SMILES string of the molecule is CC(C)(C)OC(=O)CCCCCCCCCCCCCCCCCCC(=O)N[C@@H](CCC(=O)NC(C)(C)C(=O)NCCOCCOCC(=O)O)C(=O)OC(C)(C)C. The average Bonchev–Trinajstić information content (AvgIpc) is 3.08. The van der Waals surface area contributed by atoms with Crippen LogP contribution in [0.5, 0.6) is 0 Å². The quantitative estimate of drug-likeness (QED) is 0.0383. The van der Waals surface area contributed by atoms with Crippen LogP contribution < -0.4 is 16.0 Å². The molecule has 0 saturated heterocycles. The van der Waals surface area contributed by atoms with Crippen molar-refractivity contribution >= 4 is 35.6 Å². The van der Waals surface area contributed by atoms with Crippen LogP contribution in [-0.2, 0) is 47.7 Å². The highest BCUT2D eigenvalue weighted by Gasteiger charge is 2.31. The molecule has 0 unspecified atom stereocenters. The second kappa shape index (κ2) is 30.8. The maximum absolute atomic E-state index is 12.9. The third kappa shape index (κ3) is 34.5. The Morgan fingerprint density at radius 2 is 1.00 bits per heavy atom. The van der Waals surface area contributed by atoms with Crippen molar-refractivity contribution in [1.29, 1.82) is 0 Å². The standard InChI is InChI=1S/C43H79N3O11/c1-41(2,3)56-38(51)26-24-22-20-18-16-14-12-10-9-11-13-15-17-19-21-23-25-35(47)45-34(39(52)57-42(4,5)6)27-28-36(48)46-43(7,8)40(53)44-29-30-54-31-32-55-33-37(49)50/h34H,9-33H2,1-8H3,(H,44,53)(H,45,47)(H,46,48)(H,49,50)/t34-/m0/s1. The number of carbonyl (C=O) groups excluding carboxylic acids is 5. The van der Waals surface area contributed by atoms with Crippen molar-refractivity contribution in [1.82, 2.24) is 16.0 Å². The number of nitrogens with one attached hydrogen (secondary N) is 3. The zero-order chi connectivity index (χ0) is 43.2. The molecule has 0 rings (SSSR count). The zero-order valence-corrected chi connectivity index (χ0v) is 36.8. The number of ether oxygens (including phenoxy) is 4. The maximum Gasteiger partial charge on any atom is 0.329 e. The van der Waals surface area contributed by atoms with Gasteiger partial charge in [-0.3, -0.25) is 19.2 Å². The topological polar surface area (TPSA) is 196 Å². The Kier molecular flexibility index (Phi) is 29.0. The molecule has 3 amide bonds. The summed E-state index contributed by atoms with van der Waals surface area (Å²) in [5, 5.41) is 16.7. The number of unbranched alkanes of at least 4 members (excludes halogenated alkanes) is 15. The molecule has 0 radical (unpaired) electrons. The van der Waals surface area contributed by atoms with Crippen LogP contribution in [0, 0.1) is 0 Å². The van der Waals surface area contributed by atoms with Gasteiger partial charge in [0.1, 0.15) is 29.4 Å². The molecule has 0 aliphatic carbocycles. The summed E-state index contributed by atoms with van der Waals surface area (Å²) in [5.41, 5.74) is -2.42. The summed E-state index contributed by atoms with van der Waals surface area (Å²) in [6.07, 6.45) is 19.0. The molecule has 0 heterocycles. The Balaban J connectivity index is 4.21. The molecule has 0 saturated carbocycles. The summed E-state index contributed by atoms with van der Waals surface area (Å²) in [5.74, 6) is -2.93. The van der Waals surface area contributed by atoms with Crippen LogP contribution in [0.1, 0.15) is 184 Å². The molecule has 0 fully saturated rings. The first-order valence-corrected chi connectivity index (χ1v) is 21.4. The van der Waals surface area contributed by atoms with E-state index in [4.69, 9.17) is 24.1 Å². The number of carboxylic acids is 1. The minimum absolute atomic E-state index is 0.0146. The van der Waals surface area contributed by atoms with Crippen molar-refractivity contribution in [3.63, 3.8) is 0 Å². The summed E-state index contributed by atoms with van der Waals surface area (Å²) in [4.78, 5) is 73.5. The minimum Gasteiger partial charge on any atom is -0.480 e. The fourth-order valence-electron chi connectivity index (χ4n) is 5.89. The number of amides is 3. The van der Waals surface area contributed by atoms with Gasteiger partial charge in [0.15, 0.2) is 0 Å². The van der Waals surface area contributed by atoms with Crippen molar-refractivity contribution in [2.45, 2.75) is 207 Å². The van der Waals surface area contributed by atoms with E-state index in [-0.39, 0.29) is 57.5 Å². The third-order valence-electron chi connectivity index (χ3n) is 8.79. The van der Waals surface area contributed by atoms with Crippen LogP contribution in [0.25, 0.3) is 0 Å². The van der Waals surface area contributed by atoms with Crippen molar-refractivity contribution < 1.29 is 52.8 Å². The molecule has 0 spiro atoms. The van der Waals surface area contributed by atoms with E-state index < -0.39 is 53.1 Å². The molecule has 14 nitrogen and oxygen atoms in total. The number of aliphatic carboxylic acids is 1. The minimum atomic E-state index is -1.25. The average molecular weight is 814 g/mol. The largest absolute Gasteiger partial charge is 0.480 e. The lowest BCUT2D eigenvalue weighted by Crippen LogP contribution is -2.55. The van der Waals surface area contributed by atoms with Gasteiger partial charge in [0.05, 0.1) is 19.8 Å². The zero-order valence-electron chi connectivity index (χ0n) is 36.8. The van der Waals surface area contributed by atoms with E-state index in [1.807, 2.05) is 20.8 Å². The monoisotopic (exact) mass is 814 g/mol. The molecule has 0 aromatic heterocycles. The number of carboxylic acid groups (broad SMARTS) is 1. The smallest absolute Gasteiger partial charge is 0.329 e. The van der Waals surface area contributed by atoms with Crippen molar-refractivity contribution in [2.24, 2.45) is 0 Å². The molecule has 4 N–H and O–H groups in total. The Morgan fingerprint density at radius 3 is 1.47 bits per heavy atom. The Labute approximate surface area is 343 Å². The molecular formula is C43H79N3O11. The second-order valence-electron chi connectivity index (χ2n) is 17.4. The van der Waals surface area contributed by atoms with E-state index >= 15 is 0 Å². The molecule has 0 bridgehead atoms. The van der Waals surface area contributed by atoms with Crippen LogP contribution in [0.15, 0.2) is 0 Å². The molecule has 57 heavy (non-hydrogen) atoms. The molecule has 0 aromatic rings. The van der Waals surface area contributed by atoms with E-state index in [0.29, 0.717) is 12.8 Å². The summed E-state index contributed by atoms with van der Waals surface area (Å²) in [6.45, 7) is 14.2. The lowest BCUT2D eigenvalue weighted by atomic mass is 10.0. The van der Waals surface area contributed by atoms with Gasteiger partial charge in [0, 0.05) is 25.8 Å². The third-order valence-corrected chi connectivity index (χ3v) is 8.79. The molecule has 0 aromatic carbocycles. The number of hydrogen-bond acceptors (Lipinski definition) is 10. The highest BCUT2D eigenvalue weighted by Crippen LogP contribution is 2.16. The van der Waals surface area contributed by atoms with Gasteiger partial charge in [-0.15, -0.1) is 0 Å². The van der Waals surface area contributed by atoms with Gasteiger partial charge in [-0.2, -0.15) is 0 Å². The fraction of sp³-hybridized carbons (Fsp3) is 0.860. The molecule has 14 heteroatoms. The Hall–Kier alpha value is -3.26. The summed E-state index contributed by atoms with van der Waals surface area (Å²) < 4.78 is 21.0. The van der Waals surface area contributed by atoms with E-state index in [0.717, 1.165) is 32.1 Å². The van der Waals surface area contributed by atoms with Gasteiger partial charge < -0.3 is 40.0 Å². The summed E-state index contributed by atoms with van der Waals surface area (Å²) >= 11 is 0. The number of hydrogen-bond donors (Lipinski definition) is 4. The van der Waals surface area contributed by atoms with Gasteiger partial charge in [-0.05, 0) is 74.7 Å². The van der Waals surface area contributed by atoms with E-state index in [9.17, 15) is 28.8 Å². The van der Waals surface area contributed by atoms with Crippen LogP contribution in [0.2, 0.25) is 0 Å².